The Morgan fingerprint density at radius 1 is 1.14 bits per heavy atom. The summed E-state index contributed by atoms with van der Waals surface area (Å²) in [5.74, 6) is 2.32. The average molecular weight is 380 g/mol. The summed E-state index contributed by atoms with van der Waals surface area (Å²) in [6.45, 7) is 5.53. The Bertz CT molecular complexity index is 848. The van der Waals surface area contributed by atoms with Crippen LogP contribution in [0.15, 0.2) is 30.3 Å². The minimum Gasteiger partial charge on any atom is -0.508 e. The second kappa shape index (κ2) is 8.17. The van der Waals surface area contributed by atoms with Crippen molar-refractivity contribution in [3.63, 3.8) is 0 Å². The van der Waals surface area contributed by atoms with Crippen LogP contribution in [0.1, 0.15) is 48.7 Å². The summed E-state index contributed by atoms with van der Waals surface area (Å²) in [6, 6.07) is 9.19. The molecule has 2 aromatic rings. The molecule has 0 saturated carbocycles. The highest BCUT2D eigenvalue weighted by Gasteiger charge is 2.27. The minimum atomic E-state index is 0.0664. The first kappa shape index (κ1) is 18.7. The molecule has 0 spiro atoms. The van der Waals surface area contributed by atoms with Gasteiger partial charge in [-0.25, -0.2) is 9.97 Å². The molecule has 0 aliphatic carbocycles. The van der Waals surface area contributed by atoms with Gasteiger partial charge in [-0.2, -0.15) is 0 Å². The van der Waals surface area contributed by atoms with Crippen molar-refractivity contribution in [1.82, 2.24) is 14.9 Å². The van der Waals surface area contributed by atoms with Crippen molar-refractivity contribution in [3.05, 3.63) is 47.4 Å². The Morgan fingerprint density at radius 2 is 1.93 bits per heavy atom. The van der Waals surface area contributed by atoms with Crippen molar-refractivity contribution in [2.24, 2.45) is 0 Å². The zero-order valence-corrected chi connectivity index (χ0v) is 16.5. The molecule has 0 radical (unpaired) electrons. The number of piperidine rings is 1. The Labute approximate surface area is 166 Å². The van der Waals surface area contributed by atoms with Gasteiger partial charge in [-0.3, -0.25) is 4.79 Å². The van der Waals surface area contributed by atoms with Gasteiger partial charge < -0.3 is 14.9 Å². The average Bonchev–Trinajstić information content (AvgIpc) is 3.24. The minimum absolute atomic E-state index is 0.0664. The van der Waals surface area contributed by atoms with Gasteiger partial charge in [-0.05, 0) is 38.7 Å². The van der Waals surface area contributed by atoms with E-state index in [1.807, 2.05) is 24.0 Å². The number of aryl methyl sites for hydroxylation is 1. The lowest BCUT2D eigenvalue weighted by molar-refractivity contribution is -0.131. The number of phenolic OH excluding ortho intramolecular Hbond substituents is 1. The zero-order valence-electron chi connectivity index (χ0n) is 16.5. The molecule has 3 heterocycles. The van der Waals surface area contributed by atoms with Crippen LogP contribution in [0, 0.1) is 6.92 Å². The Balaban J connectivity index is 1.47. The van der Waals surface area contributed by atoms with E-state index in [1.165, 1.54) is 12.8 Å². The third kappa shape index (κ3) is 4.11. The molecule has 4 rings (SSSR count). The fourth-order valence-corrected chi connectivity index (χ4v) is 4.27. The lowest BCUT2D eigenvalue weighted by Gasteiger charge is -2.33. The summed E-state index contributed by atoms with van der Waals surface area (Å²) in [7, 11) is 0. The molecule has 1 aromatic heterocycles. The van der Waals surface area contributed by atoms with Gasteiger partial charge in [0, 0.05) is 43.7 Å². The van der Waals surface area contributed by atoms with E-state index >= 15 is 0 Å². The molecule has 1 amide bonds. The van der Waals surface area contributed by atoms with Crippen LogP contribution in [-0.2, 0) is 11.2 Å². The van der Waals surface area contributed by atoms with E-state index in [1.54, 1.807) is 12.1 Å². The summed E-state index contributed by atoms with van der Waals surface area (Å²) < 4.78 is 0. The van der Waals surface area contributed by atoms with Crippen molar-refractivity contribution in [3.8, 4) is 5.75 Å². The predicted molar refractivity (Wildman–Crippen MR) is 109 cm³/mol. The summed E-state index contributed by atoms with van der Waals surface area (Å²) >= 11 is 0. The molecular weight excluding hydrogens is 352 g/mol. The molecule has 2 fully saturated rings. The number of carbonyl (C=O) groups excluding carboxylic acids is 1. The number of hydrogen-bond acceptors (Lipinski definition) is 5. The van der Waals surface area contributed by atoms with Gasteiger partial charge >= 0.3 is 0 Å². The van der Waals surface area contributed by atoms with E-state index in [2.05, 4.69) is 16.0 Å². The molecule has 2 saturated heterocycles. The zero-order chi connectivity index (χ0) is 19.5. The molecule has 1 aromatic carbocycles. The van der Waals surface area contributed by atoms with Crippen LogP contribution >= 0.6 is 0 Å². The molecule has 2 aliphatic heterocycles. The second-order valence-electron chi connectivity index (χ2n) is 7.88. The largest absolute Gasteiger partial charge is 0.508 e. The van der Waals surface area contributed by atoms with Gasteiger partial charge in [-0.1, -0.05) is 18.2 Å². The molecule has 6 nitrogen and oxygen atoms in total. The lowest BCUT2D eigenvalue weighted by atomic mass is 9.93. The maximum Gasteiger partial charge on any atom is 0.227 e. The molecular formula is C22H28N4O2. The Kier molecular flexibility index (Phi) is 5.46. The molecule has 148 valence electrons. The first-order chi connectivity index (χ1) is 13.6. The number of nitrogens with zero attached hydrogens (tertiary/aromatic N) is 4. The van der Waals surface area contributed by atoms with Crippen LogP contribution in [0.5, 0.6) is 5.75 Å². The number of phenols is 1. The number of carbonyl (C=O) groups is 1. The Morgan fingerprint density at radius 3 is 2.71 bits per heavy atom. The van der Waals surface area contributed by atoms with Gasteiger partial charge in [0.25, 0.3) is 0 Å². The van der Waals surface area contributed by atoms with Crippen LogP contribution in [0.3, 0.4) is 0 Å². The van der Waals surface area contributed by atoms with Crippen LogP contribution in [0.25, 0.3) is 0 Å². The molecule has 6 heteroatoms. The van der Waals surface area contributed by atoms with Crippen molar-refractivity contribution in [2.45, 2.75) is 44.9 Å². The van der Waals surface area contributed by atoms with Crippen LogP contribution in [-0.4, -0.2) is 52.1 Å². The first-order valence-corrected chi connectivity index (χ1v) is 10.3. The number of amides is 1. The van der Waals surface area contributed by atoms with E-state index in [4.69, 9.17) is 4.98 Å². The van der Waals surface area contributed by atoms with Gasteiger partial charge in [0.15, 0.2) is 0 Å². The van der Waals surface area contributed by atoms with Gasteiger partial charge in [-0.15, -0.1) is 0 Å². The number of anilines is 1. The number of rotatable bonds is 4. The predicted octanol–water partition coefficient (Wildman–Crippen LogP) is 3.04. The normalized spacial score (nSPS) is 19.8. The SMILES string of the molecule is Cc1nc([C@H]2CCCN(C(=O)Cc3ccccc3O)C2)cc(N2CCCC2)n1. The van der Waals surface area contributed by atoms with Crippen molar-refractivity contribution in [1.29, 1.82) is 0 Å². The highest BCUT2D eigenvalue weighted by molar-refractivity contribution is 5.79. The summed E-state index contributed by atoms with van der Waals surface area (Å²) in [5, 5.41) is 9.96. The Hall–Kier alpha value is -2.63. The second-order valence-corrected chi connectivity index (χ2v) is 7.88. The molecule has 0 unspecified atom stereocenters. The van der Waals surface area contributed by atoms with Gasteiger partial charge in [0.1, 0.15) is 17.4 Å². The number of para-hydroxylation sites is 1. The van der Waals surface area contributed by atoms with Crippen molar-refractivity contribution >= 4 is 11.7 Å². The highest BCUT2D eigenvalue weighted by Crippen LogP contribution is 2.29. The van der Waals surface area contributed by atoms with Crippen LogP contribution in [0.4, 0.5) is 5.82 Å². The number of aromatic hydroxyl groups is 1. The number of aromatic nitrogens is 2. The molecule has 2 aliphatic rings. The van der Waals surface area contributed by atoms with Crippen LogP contribution in [0.2, 0.25) is 0 Å². The first-order valence-electron chi connectivity index (χ1n) is 10.3. The third-order valence-electron chi connectivity index (χ3n) is 5.80. The summed E-state index contributed by atoms with van der Waals surface area (Å²) in [4.78, 5) is 26.4. The standard InChI is InChI=1S/C22H28N4O2/c1-16-23-19(14-21(24-16)25-10-4-5-11-25)18-8-6-12-26(15-18)22(28)13-17-7-2-3-9-20(17)27/h2-3,7,9,14,18,27H,4-6,8,10-13,15H2,1H3/t18-/m0/s1. The van der Waals surface area contributed by atoms with Gasteiger partial charge in [0.2, 0.25) is 5.91 Å². The fourth-order valence-electron chi connectivity index (χ4n) is 4.27. The molecule has 1 atom stereocenters. The van der Waals surface area contributed by atoms with Crippen molar-refractivity contribution < 1.29 is 9.90 Å². The molecule has 0 bridgehead atoms. The fraction of sp³-hybridized carbons (Fsp3) is 0.500. The quantitative estimate of drug-likeness (QED) is 0.883. The smallest absolute Gasteiger partial charge is 0.227 e. The van der Waals surface area contributed by atoms with E-state index < -0.39 is 0 Å². The van der Waals surface area contributed by atoms with E-state index in [-0.39, 0.29) is 24.0 Å². The van der Waals surface area contributed by atoms with E-state index in [0.717, 1.165) is 49.8 Å². The topological polar surface area (TPSA) is 69.6 Å². The molecule has 1 N–H and O–H groups in total. The monoisotopic (exact) mass is 380 g/mol. The maximum absolute atomic E-state index is 12.8. The van der Waals surface area contributed by atoms with E-state index in [0.29, 0.717) is 12.1 Å². The summed E-state index contributed by atoms with van der Waals surface area (Å²) in [5.41, 5.74) is 1.73. The van der Waals surface area contributed by atoms with Crippen molar-refractivity contribution in [2.75, 3.05) is 31.1 Å². The van der Waals surface area contributed by atoms with E-state index in [9.17, 15) is 9.90 Å². The highest BCUT2D eigenvalue weighted by atomic mass is 16.3. The lowest BCUT2D eigenvalue weighted by Crippen LogP contribution is -2.40. The number of likely N-dealkylation sites (tertiary alicyclic amines) is 1. The number of benzene rings is 1. The molecule has 28 heavy (non-hydrogen) atoms. The summed E-state index contributed by atoms with van der Waals surface area (Å²) in [6.07, 6.45) is 4.68. The maximum atomic E-state index is 12.8. The number of hydrogen-bond donors (Lipinski definition) is 1. The van der Waals surface area contributed by atoms with Crippen LogP contribution < -0.4 is 4.90 Å². The third-order valence-corrected chi connectivity index (χ3v) is 5.80. The van der Waals surface area contributed by atoms with Gasteiger partial charge in [0.05, 0.1) is 12.1 Å².